The second-order valence-corrected chi connectivity index (χ2v) is 5.28. The summed E-state index contributed by atoms with van der Waals surface area (Å²) < 4.78 is 4.98. The molecule has 1 aromatic carbocycles. The van der Waals surface area contributed by atoms with Crippen molar-refractivity contribution in [3.05, 3.63) is 40.8 Å². The van der Waals surface area contributed by atoms with Crippen molar-refractivity contribution in [2.45, 2.75) is 26.2 Å². The average molecular weight is 297 g/mol. The Morgan fingerprint density at radius 2 is 2.36 bits per heavy atom. The lowest BCUT2D eigenvalue weighted by atomic mass is 10.00. The molecule has 1 aromatic heterocycles. The highest BCUT2D eigenvalue weighted by molar-refractivity contribution is 5.97. The first kappa shape index (κ1) is 14.1. The minimum atomic E-state index is -0.202. The number of anilines is 1. The zero-order chi connectivity index (χ0) is 15.7. The topological polar surface area (TPSA) is 90.4 Å². The monoisotopic (exact) mass is 297 g/mol. The van der Waals surface area contributed by atoms with Gasteiger partial charge in [-0.3, -0.25) is 4.79 Å². The molecule has 0 spiro atoms. The SMILES string of the molecule is Cc1onc(CC(=O)N2CCCc3cccc(O)c32)c1C#N. The molecule has 112 valence electrons. The van der Waals surface area contributed by atoms with Gasteiger partial charge >= 0.3 is 0 Å². The molecule has 6 heteroatoms. The summed E-state index contributed by atoms with van der Waals surface area (Å²) in [5.41, 5.74) is 2.17. The molecule has 0 bridgehead atoms. The number of carbonyl (C=O) groups excluding carboxylic acids is 1. The van der Waals surface area contributed by atoms with E-state index in [2.05, 4.69) is 5.16 Å². The summed E-state index contributed by atoms with van der Waals surface area (Å²) in [6.07, 6.45) is 1.65. The predicted octanol–water partition coefficient (Wildman–Crippen LogP) is 2.08. The molecule has 1 N–H and O–H groups in total. The smallest absolute Gasteiger partial charge is 0.233 e. The van der Waals surface area contributed by atoms with E-state index < -0.39 is 0 Å². The summed E-state index contributed by atoms with van der Waals surface area (Å²) in [6.45, 7) is 2.18. The van der Waals surface area contributed by atoms with E-state index in [0.29, 0.717) is 29.2 Å². The molecule has 0 aliphatic carbocycles. The van der Waals surface area contributed by atoms with Crippen LogP contribution in [0.1, 0.15) is 29.0 Å². The second kappa shape index (κ2) is 5.53. The lowest BCUT2D eigenvalue weighted by molar-refractivity contribution is -0.118. The van der Waals surface area contributed by atoms with E-state index in [4.69, 9.17) is 9.78 Å². The van der Waals surface area contributed by atoms with Crippen LogP contribution < -0.4 is 4.90 Å². The van der Waals surface area contributed by atoms with Gasteiger partial charge in [-0.1, -0.05) is 17.3 Å². The fourth-order valence-corrected chi connectivity index (χ4v) is 2.80. The molecular formula is C16H15N3O3. The van der Waals surface area contributed by atoms with Crippen molar-refractivity contribution in [3.63, 3.8) is 0 Å². The Hall–Kier alpha value is -2.81. The summed E-state index contributed by atoms with van der Waals surface area (Å²) >= 11 is 0. The maximum atomic E-state index is 12.6. The summed E-state index contributed by atoms with van der Waals surface area (Å²) in [6, 6.07) is 7.27. The molecule has 22 heavy (non-hydrogen) atoms. The standard InChI is InChI=1S/C16H15N3O3/c1-10-12(9-17)13(18-22-10)8-15(21)19-7-3-5-11-4-2-6-14(20)16(11)19/h2,4,6,20H,3,5,7-8H2,1H3. The van der Waals surface area contributed by atoms with E-state index in [1.807, 2.05) is 12.1 Å². The number of nitriles is 1. The Kier molecular flexibility index (Phi) is 3.55. The van der Waals surface area contributed by atoms with E-state index in [1.165, 1.54) is 0 Å². The summed E-state index contributed by atoms with van der Waals surface area (Å²) in [5.74, 6) is 0.307. The van der Waals surface area contributed by atoms with Crippen LogP contribution in [-0.2, 0) is 17.6 Å². The van der Waals surface area contributed by atoms with Crippen molar-refractivity contribution >= 4 is 11.6 Å². The summed E-state index contributed by atoms with van der Waals surface area (Å²) in [4.78, 5) is 14.2. The summed E-state index contributed by atoms with van der Waals surface area (Å²) in [7, 11) is 0. The lowest BCUT2D eigenvalue weighted by Gasteiger charge is -2.30. The highest BCUT2D eigenvalue weighted by Crippen LogP contribution is 2.35. The first-order valence-corrected chi connectivity index (χ1v) is 7.08. The number of para-hydroxylation sites is 1. The number of fused-ring (bicyclic) bond motifs is 1. The molecule has 2 aromatic rings. The summed E-state index contributed by atoms with van der Waals surface area (Å²) in [5, 5.41) is 23.0. The van der Waals surface area contributed by atoms with E-state index in [-0.39, 0.29) is 18.1 Å². The van der Waals surface area contributed by atoms with E-state index in [9.17, 15) is 9.90 Å². The number of aromatic hydroxyl groups is 1. The zero-order valence-electron chi connectivity index (χ0n) is 12.2. The van der Waals surface area contributed by atoms with Crippen LogP contribution in [0.15, 0.2) is 22.7 Å². The Bertz CT molecular complexity index is 773. The third-order valence-corrected chi connectivity index (χ3v) is 3.86. The molecule has 6 nitrogen and oxygen atoms in total. The van der Waals surface area contributed by atoms with Crippen molar-refractivity contribution in [2.24, 2.45) is 0 Å². The Balaban J connectivity index is 1.90. The number of hydrogen-bond donors (Lipinski definition) is 1. The zero-order valence-corrected chi connectivity index (χ0v) is 12.2. The molecular weight excluding hydrogens is 282 g/mol. The van der Waals surface area contributed by atoms with Crippen LogP contribution in [0.5, 0.6) is 5.75 Å². The number of rotatable bonds is 2. The van der Waals surface area contributed by atoms with Crippen LogP contribution in [0.25, 0.3) is 0 Å². The molecule has 0 saturated carbocycles. The number of phenols is 1. The Labute approximate surface area is 127 Å². The lowest BCUT2D eigenvalue weighted by Crippen LogP contribution is -2.36. The largest absolute Gasteiger partial charge is 0.506 e. The van der Waals surface area contributed by atoms with Crippen LogP contribution in [0.3, 0.4) is 0 Å². The van der Waals surface area contributed by atoms with Crippen molar-refractivity contribution in [3.8, 4) is 11.8 Å². The van der Waals surface area contributed by atoms with Crippen LogP contribution in [0.4, 0.5) is 5.69 Å². The fourth-order valence-electron chi connectivity index (χ4n) is 2.80. The molecule has 0 radical (unpaired) electrons. The second-order valence-electron chi connectivity index (χ2n) is 5.28. The normalized spacial score (nSPS) is 13.5. The number of amides is 1. The molecule has 0 saturated heterocycles. The quantitative estimate of drug-likeness (QED) is 0.916. The fraction of sp³-hybridized carbons (Fsp3) is 0.312. The van der Waals surface area contributed by atoms with Gasteiger partial charge in [0.2, 0.25) is 5.91 Å². The van der Waals surface area contributed by atoms with Gasteiger partial charge < -0.3 is 14.5 Å². The van der Waals surface area contributed by atoms with Crippen molar-refractivity contribution in [1.29, 1.82) is 5.26 Å². The van der Waals surface area contributed by atoms with E-state index in [0.717, 1.165) is 18.4 Å². The van der Waals surface area contributed by atoms with E-state index in [1.54, 1.807) is 24.0 Å². The first-order chi connectivity index (χ1) is 10.6. The van der Waals surface area contributed by atoms with Gasteiger partial charge in [0.25, 0.3) is 0 Å². The van der Waals surface area contributed by atoms with Gasteiger partial charge in [0, 0.05) is 6.54 Å². The number of phenolic OH excluding ortho intramolecular Hbond substituents is 1. The molecule has 1 amide bonds. The molecule has 1 aliphatic heterocycles. The van der Waals surface area contributed by atoms with Gasteiger partial charge in [0.05, 0.1) is 12.1 Å². The number of hydrogen-bond acceptors (Lipinski definition) is 5. The third-order valence-electron chi connectivity index (χ3n) is 3.86. The number of aryl methyl sites for hydroxylation is 2. The first-order valence-electron chi connectivity index (χ1n) is 7.08. The van der Waals surface area contributed by atoms with Gasteiger partial charge in [-0.2, -0.15) is 5.26 Å². The van der Waals surface area contributed by atoms with E-state index >= 15 is 0 Å². The predicted molar refractivity (Wildman–Crippen MR) is 78.4 cm³/mol. The van der Waals surface area contributed by atoms with Gasteiger partial charge in [-0.15, -0.1) is 0 Å². The van der Waals surface area contributed by atoms with Crippen molar-refractivity contribution in [2.75, 3.05) is 11.4 Å². The molecule has 3 rings (SSSR count). The molecule has 0 atom stereocenters. The molecule has 1 aliphatic rings. The number of aromatic nitrogens is 1. The van der Waals surface area contributed by atoms with Gasteiger partial charge in [-0.05, 0) is 31.4 Å². The van der Waals surface area contributed by atoms with Crippen LogP contribution in [0.2, 0.25) is 0 Å². The van der Waals surface area contributed by atoms with Crippen molar-refractivity contribution < 1.29 is 14.4 Å². The average Bonchev–Trinajstić information content (AvgIpc) is 2.87. The van der Waals surface area contributed by atoms with Crippen LogP contribution in [0, 0.1) is 18.3 Å². The maximum absolute atomic E-state index is 12.6. The van der Waals surface area contributed by atoms with Gasteiger partial charge in [0.15, 0.2) is 5.76 Å². The number of nitrogens with zero attached hydrogens (tertiary/aromatic N) is 3. The third kappa shape index (κ3) is 2.31. The molecule has 2 heterocycles. The minimum Gasteiger partial charge on any atom is -0.506 e. The molecule has 0 fully saturated rings. The number of benzene rings is 1. The van der Waals surface area contributed by atoms with Gasteiger partial charge in [0.1, 0.15) is 23.1 Å². The molecule has 0 unspecified atom stereocenters. The Morgan fingerprint density at radius 1 is 1.55 bits per heavy atom. The van der Waals surface area contributed by atoms with Crippen molar-refractivity contribution in [1.82, 2.24) is 5.16 Å². The highest BCUT2D eigenvalue weighted by Gasteiger charge is 2.27. The van der Waals surface area contributed by atoms with Crippen LogP contribution in [-0.4, -0.2) is 22.7 Å². The number of carbonyl (C=O) groups is 1. The maximum Gasteiger partial charge on any atom is 0.233 e. The highest BCUT2D eigenvalue weighted by atomic mass is 16.5. The van der Waals surface area contributed by atoms with Gasteiger partial charge in [-0.25, -0.2) is 0 Å². The Morgan fingerprint density at radius 3 is 3.14 bits per heavy atom. The van der Waals surface area contributed by atoms with Crippen LogP contribution >= 0.6 is 0 Å². The minimum absolute atomic E-state index is 0.0198.